The first-order valence-corrected chi connectivity index (χ1v) is 3.52. The SMILES string of the molecule is FC(F)CC(Br)Br. The Balaban J connectivity index is 2.95. The molecule has 0 heterocycles. The fourth-order valence-corrected chi connectivity index (χ4v) is 0.700. The molecular formula is C3H4Br2F2. The van der Waals surface area contributed by atoms with Crippen LogP contribution in [0.3, 0.4) is 0 Å². The van der Waals surface area contributed by atoms with E-state index in [-0.39, 0.29) is 10.2 Å². The molecule has 4 heteroatoms. The van der Waals surface area contributed by atoms with Crippen LogP contribution in [0.2, 0.25) is 0 Å². The lowest BCUT2D eigenvalue weighted by molar-refractivity contribution is 0.144. The van der Waals surface area contributed by atoms with Crippen molar-refractivity contribution in [1.82, 2.24) is 0 Å². The molecule has 0 fully saturated rings. The molecule has 0 bridgehead atoms. The second-order valence-electron chi connectivity index (χ2n) is 1.02. The predicted molar refractivity (Wildman–Crippen MR) is 32.3 cm³/mol. The fourth-order valence-electron chi connectivity index (χ4n) is 0.135. The summed E-state index contributed by atoms with van der Waals surface area (Å²) in [7, 11) is 0. The summed E-state index contributed by atoms with van der Waals surface area (Å²) in [5.41, 5.74) is 0. The first-order chi connectivity index (χ1) is 3.13. The van der Waals surface area contributed by atoms with Crippen LogP contribution in [-0.4, -0.2) is 10.2 Å². The van der Waals surface area contributed by atoms with Gasteiger partial charge in [-0.25, -0.2) is 8.78 Å². The fraction of sp³-hybridized carbons (Fsp3) is 1.00. The zero-order chi connectivity index (χ0) is 5.86. The number of hydrogen-bond acceptors (Lipinski definition) is 0. The van der Waals surface area contributed by atoms with Crippen LogP contribution >= 0.6 is 31.9 Å². The minimum Gasteiger partial charge on any atom is -0.210 e. The average molecular weight is 238 g/mol. The molecule has 0 saturated carbocycles. The first-order valence-electron chi connectivity index (χ1n) is 1.69. The quantitative estimate of drug-likeness (QED) is 0.648. The summed E-state index contributed by atoms with van der Waals surface area (Å²) in [6.45, 7) is 0. The van der Waals surface area contributed by atoms with E-state index in [1.807, 2.05) is 0 Å². The van der Waals surface area contributed by atoms with Gasteiger partial charge in [0.15, 0.2) is 0 Å². The lowest BCUT2D eigenvalue weighted by Gasteiger charge is -1.95. The Labute approximate surface area is 57.5 Å². The van der Waals surface area contributed by atoms with Gasteiger partial charge in [-0.1, -0.05) is 31.9 Å². The Bertz CT molecular complexity index is 40.2. The van der Waals surface area contributed by atoms with E-state index >= 15 is 0 Å². The summed E-state index contributed by atoms with van der Waals surface area (Å²) in [6.07, 6.45) is -2.36. The highest BCUT2D eigenvalue weighted by Gasteiger charge is 2.06. The van der Waals surface area contributed by atoms with Gasteiger partial charge >= 0.3 is 0 Å². The van der Waals surface area contributed by atoms with Gasteiger partial charge in [0.25, 0.3) is 0 Å². The zero-order valence-corrected chi connectivity index (χ0v) is 6.55. The van der Waals surface area contributed by atoms with Crippen LogP contribution < -0.4 is 0 Å². The third-order valence-electron chi connectivity index (χ3n) is 0.356. The molecule has 0 nitrogen and oxygen atoms in total. The molecule has 0 amide bonds. The summed E-state index contributed by atoms with van der Waals surface area (Å²) >= 11 is 5.82. The Morgan fingerprint density at radius 1 is 1.29 bits per heavy atom. The molecule has 0 aromatic rings. The van der Waals surface area contributed by atoms with Gasteiger partial charge in [0, 0.05) is 6.42 Å². The van der Waals surface area contributed by atoms with Crippen molar-refractivity contribution < 1.29 is 8.78 Å². The third-order valence-corrected chi connectivity index (χ3v) is 1.10. The molecule has 0 spiro atoms. The zero-order valence-electron chi connectivity index (χ0n) is 3.37. The van der Waals surface area contributed by atoms with E-state index in [0.29, 0.717) is 0 Å². The normalized spacial score (nSPS) is 11.1. The lowest BCUT2D eigenvalue weighted by atomic mass is 10.5. The number of halogens is 4. The van der Waals surface area contributed by atoms with E-state index in [4.69, 9.17) is 0 Å². The van der Waals surface area contributed by atoms with Crippen LogP contribution in [-0.2, 0) is 0 Å². The highest BCUT2D eigenvalue weighted by molar-refractivity contribution is 9.24. The molecule has 0 unspecified atom stereocenters. The Morgan fingerprint density at radius 3 is 1.71 bits per heavy atom. The van der Waals surface area contributed by atoms with Crippen molar-refractivity contribution in [2.75, 3.05) is 0 Å². The van der Waals surface area contributed by atoms with Gasteiger partial charge in [-0.05, 0) is 0 Å². The second kappa shape index (κ2) is 3.78. The minimum atomic E-state index is -2.22. The summed E-state index contributed by atoms with van der Waals surface area (Å²) in [4.78, 5) is 0. The van der Waals surface area contributed by atoms with E-state index in [1.54, 1.807) is 0 Å². The van der Waals surface area contributed by atoms with E-state index in [9.17, 15) is 8.78 Å². The van der Waals surface area contributed by atoms with E-state index in [1.165, 1.54) is 0 Å². The molecule has 0 aliphatic heterocycles. The summed E-state index contributed by atoms with van der Waals surface area (Å²) in [6, 6.07) is 0. The Kier molecular flexibility index (Phi) is 4.22. The molecule has 0 radical (unpaired) electrons. The Hall–Kier alpha value is 0.820. The standard InChI is InChI=1S/C3H4Br2F2/c4-2(5)1-3(6)7/h2-3H,1H2. The highest BCUT2D eigenvalue weighted by atomic mass is 79.9. The smallest absolute Gasteiger partial charge is 0.210 e. The third kappa shape index (κ3) is 6.82. The summed E-state index contributed by atoms with van der Waals surface area (Å²) < 4.78 is 22.2. The van der Waals surface area contributed by atoms with E-state index in [0.717, 1.165) is 0 Å². The van der Waals surface area contributed by atoms with Crippen molar-refractivity contribution in [2.45, 2.75) is 16.6 Å². The van der Waals surface area contributed by atoms with Crippen molar-refractivity contribution in [3.63, 3.8) is 0 Å². The van der Waals surface area contributed by atoms with Gasteiger partial charge in [-0.15, -0.1) is 0 Å². The largest absolute Gasteiger partial charge is 0.240 e. The van der Waals surface area contributed by atoms with Crippen LogP contribution in [0.1, 0.15) is 6.42 Å². The molecule has 0 rings (SSSR count). The van der Waals surface area contributed by atoms with Crippen LogP contribution in [0.4, 0.5) is 8.78 Å². The maximum atomic E-state index is 11.2. The average Bonchev–Trinajstić information content (AvgIpc) is 1.27. The molecule has 0 aliphatic carbocycles. The molecule has 0 N–H and O–H groups in total. The molecule has 44 valence electrons. The summed E-state index contributed by atoms with van der Waals surface area (Å²) in [5, 5.41) is 0. The van der Waals surface area contributed by atoms with Crippen molar-refractivity contribution >= 4 is 31.9 Å². The topological polar surface area (TPSA) is 0 Å². The van der Waals surface area contributed by atoms with Crippen LogP contribution in [0, 0.1) is 0 Å². The van der Waals surface area contributed by atoms with Crippen molar-refractivity contribution in [3.05, 3.63) is 0 Å². The lowest BCUT2D eigenvalue weighted by Crippen LogP contribution is -1.95. The molecular weight excluding hydrogens is 234 g/mol. The highest BCUT2D eigenvalue weighted by Crippen LogP contribution is 2.16. The van der Waals surface area contributed by atoms with Gasteiger partial charge in [0.05, 0.1) is 3.74 Å². The van der Waals surface area contributed by atoms with E-state index in [2.05, 4.69) is 31.9 Å². The predicted octanol–water partition coefficient (Wildman–Crippen LogP) is 2.76. The molecule has 0 atom stereocenters. The van der Waals surface area contributed by atoms with Crippen molar-refractivity contribution in [1.29, 1.82) is 0 Å². The maximum absolute atomic E-state index is 11.2. The molecule has 0 saturated heterocycles. The van der Waals surface area contributed by atoms with Gasteiger partial charge in [-0.3, -0.25) is 0 Å². The Morgan fingerprint density at radius 2 is 1.71 bits per heavy atom. The van der Waals surface area contributed by atoms with Gasteiger partial charge in [0.2, 0.25) is 6.43 Å². The van der Waals surface area contributed by atoms with Crippen LogP contribution in [0.5, 0.6) is 0 Å². The number of rotatable bonds is 2. The van der Waals surface area contributed by atoms with Gasteiger partial charge in [-0.2, -0.15) is 0 Å². The maximum Gasteiger partial charge on any atom is 0.240 e. The van der Waals surface area contributed by atoms with Crippen LogP contribution in [0.15, 0.2) is 0 Å². The first kappa shape index (κ1) is 7.82. The van der Waals surface area contributed by atoms with E-state index < -0.39 is 6.43 Å². The van der Waals surface area contributed by atoms with Crippen LogP contribution in [0.25, 0.3) is 0 Å². The summed E-state index contributed by atoms with van der Waals surface area (Å²) in [5.74, 6) is 0. The molecule has 7 heavy (non-hydrogen) atoms. The monoisotopic (exact) mass is 236 g/mol. The van der Waals surface area contributed by atoms with Crippen molar-refractivity contribution in [3.8, 4) is 0 Å². The number of alkyl halides is 4. The second-order valence-corrected chi connectivity index (χ2v) is 4.46. The minimum absolute atomic E-state index is 0.139. The van der Waals surface area contributed by atoms with Gasteiger partial charge in [0.1, 0.15) is 0 Å². The van der Waals surface area contributed by atoms with Gasteiger partial charge < -0.3 is 0 Å². The van der Waals surface area contributed by atoms with Crippen molar-refractivity contribution in [2.24, 2.45) is 0 Å². The molecule has 0 aliphatic rings. The molecule has 0 aromatic heterocycles. The molecule has 0 aromatic carbocycles. The number of hydrogen-bond donors (Lipinski definition) is 0.